The summed E-state index contributed by atoms with van der Waals surface area (Å²) in [7, 11) is 0. The highest BCUT2D eigenvalue weighted by Crippen LogP contribution is 2.25. The summed E-state index contributed by atoms with van der Waals surface area (Å²) in [4.78, 5) is 16.9. The topological polar surface area (TPSA) is 48.4 Å². The molecule has 0 atom stereocenters. The van der Waals surface area contributed by atoms with E-state index < -0.39 is 0 Å². The van der Waals surface area contributed by atoms with Gasteiger partial charge in [-0.25, -0.2) is 9.78 Å². The monoisotopic (exact) mass is 401 g/mol. The van der Waals surface area contributed by atoms with Crippen LogP contribution in [0.15, 0.2) is 84.2 Å². The number of aryl methyl sites for hydroxylation is 1. The maximum Gasteiger partial charge on any atom is 0.338 e. The molecule has 0 radical (unpaired) electrons. The molecule has 0 N–H and O–H groups in total. The second-order valence-electron chi connectivity index (χ2n) is 6.53. The number of ether oxygens (including phenoxy) is 2. The molecule has 0 saturated carbocycles. The van der Waals surface area contributed by atoms with Crippen molar-refractivity contribution in [1.82, 2.24) is 4.98 Å². The summed E-state index contributed by atoms with van der Waals surface area (Å²) in [6.07, 6.45) is 0. The highest BCUT2D eigenvalue weighted by molar-refractivity contribution is 7.13. The molecule has 5 heteroatoms. The van der Waals surface area contributed by atoms with Crippen LogP contribution in [0.25, 0.3) is 10.6 Å². The molecule has 0 spiro atoms. The lowest BCUT2D eigenvalue weighted by Gasteiger charge is -2.07. The molecule has 29 heavy (non-hydrogen) atoms. The van der Waals surface area contributed by atoms with Gasteiger partial charge in [0, 0.05) is 10.9 Å². The van der Waals surface area contributed by atoms with Crippen LogP contribution in [0.2, 0.25) is 0 Å². The number of hydrogen-bond acceptors (Lipinski definition) is 5. The largest absolute Gasteiger partial charge is 0.457 e. The Labute approximate surface area is 173 Å². The molecule has 0 fully saturated rings. The third-order valence-corrected chi connectivity index (χ3v) is 5.21. The molecule has 3 aromatic carbocycles. The van der Waals surface area contributed by atoms with Gasteiger partial charge in [0.2, 0.25) is 0 Å². The maximum atomic E-state index is 12.3. The molecule has 4 nitrogen and oxygen atoms in total. The lowest BCUT2D eigenvalue weighted by atomic mass is 10.2. The Hall–Kier alpha value is -3.44. The van der Waals surface area contributed by atoms with E-state index in [1.807, 2.05) is 47.8 Å². The van der Waals surface area contributed by atoms with E-state index in [9.17, 15) is 4.79 Å². The van der Waals surface area contributed by atoms with Crippen LogP contribution in [0.5, 0.6) is 11.5 Å². The average molecular weight is 401 g/mol. The van der Waals surface area contributed by atoms with Gasteiger partial charge in [0.1, 0.15) is 23.1 Å². The minimum Gasteiger partial charge on any atom is -0.457 e. The van der Waals surface area contributed by atoms with Crippen molar-refractivity contribution in [3.05, 3.63) is 101 Å². The van der Waals surface area contributed by atoms with Crippen LogP contribution in [-0.2, 0) is 11.3 Å². The van der Waals surface area contributed by atoms with Gasteiger partial charge in [-0.1, -0.05) is 48.0 Å². The van der Waals surface area contributed by atoms with Crippen molar-refractivity contribution in [1.29, 1.82) is 0 Å². The van der Waals surface area contributed by atoms with Gasteiger partial charge >= 0.3 is 5.97 Å². The molecule has 1 aromatic heterocycles. The third kappa shape index (κ3) is 4.89. The zero-order valence-electron chi connectivity index (χ0n) is 15.9. The molecule has 1 heterocycles. The standard InChI is InChI=1S/C24H19NO3S/c1-17-7-9-18(10-8-17)23-25-20(16-29-23)15-27-24(26)19-11-13-22(14-12-19)28-21-5-3-2-4-6-21/h2-14,16H,15H2,1H3. The van der Waals surface area contributed by atoms with E-state index in [0.717, 1.165) is 22.0 Å². The minimum absolute atomic E-state index is 0.142. The number of benzene rings is 3. The predicted octanol–water partition coefficient (Wildman–Crippen LogP) is 6.27. The summed E-state index contributed by atoms with van der Waals surface area (Å²) < 4.78 is 11.1. The Morgan fingerprint density at radius 1 is 0.897 bits per heavy atom. The fourth-order valence-electron chi connectivity index (χ4n) is 2.71. The number of nitrogens with zero attached hydrogens (tertiary/aromatic N) is 1. The van der Waals surface area contributed by atoms with Crippen LogP contribution in [0.4, 0.5) is 0 Å². The van der Waals surface area contributed by atoms with E-state index in [0.29, 0.717) is 11.3 Å². The Balaban J connectivity index is 1.34. The summed E-state index contributed by atoms with van der Waals surface area (Å²) in [5.41, 5.74) is 3.48. The van der Waals surface area contributed by atoms with Crippen molar-refractivity contribution >= 4 is 17.3 Å². The fourth-order valence-corrected chi connectivity index (χ4v) is 3.52. The molecule has 0 aliphatic heterocycles. The van der Waals surface area contributed by atoms with Gasteiger partial charge in [-0.05, 0) is 43.3 Å². The Morgan fingerprint density at radius 2 is 1.59 bits per heavy atom. The predicted molar refractivity (Wildman–Crippen MR) is 114 cm³/mol. The van der Waals surface area contributed by atoms with Crippen LogP contribution in [-0.4, -0.2) is 11.0 Å². The van der Waals surface area contributed by atoms with Gasteiger partial charge in [0.25, 0.3) is 0 Å². The smallest absolute Gasteiger partial charge is 0.338 e. The Morgan fingerprint density at radius 3 is 2.31 bits per heavy atom. The van der Waals surface area contributed by atoms with Crippen molar-refractivity contribution < 1.29 is 14.3 Å². The molecule has 0 unspecified atom stereocenters. The van der Waals surface area contributed by atoms with E-state index in [1.54, 1.807) is 24.3 Å². The first kappa shape index (κ1) is 18.9. The van der Waals surface area contributed by atoms with E-state index in [1.165, 1.54) is 16.9 Å². The Bertz CT molecular complexity index is 1090. The number of hydrogen-bond donors (Lipinski definition) is 0. The lowest BCUT2D eigenvalue weighted by Crippen LogP contribution is -2.05. The molecule has 0 aliphatic carbocycles. The van der Waals surface area contributed by atoms with Crippen molar-refractivity contribution in [3.8, 4) is 22.1 Å². The first-order valence-electron chi connectivity index (χ1n) is 9.19. The van der Waals surface area contributed by atoms with Gasteiger partial charge in [0.05, 0.1) is 11.3 Å². The summed E-state index contributed by atoms with van der Waals surface area (Å²) in [5, 5.41) is 2.83. The second kappa shape index (κ2) is 8.71. The SMILES string of the molecule is Cc1ccc(-c2nc(COC(=O)c3ccc(Oc4ccccc4)cc3)cs2)cc1. The molecular weight excluding hydrogens is 382 g/mol. The molecule has 0 aliphatic rings. The first-order valence-corrected chi connectivity index (χ1v) is 10.1. The molecule has 4 aromatic rings. The van der Waals surface area contributed by atoms with Gasteiger partial charge in [-0.3, -0.25) is 0 Å². The highest BCUT2D eigenvalue weighted by Gasteiger charge is 2.10. The number of rotatable bonds is 6. The van der Waals surface area contributed by atoms with E-state index >= 15 is 0 Å². The maximum absolute atomic E-state index is 12.3. The number of carbonyl (C=O) groups excluding carboxylic acids is 1. The van der Waals surface area contributed by atoms with Crippen molar-refractivity contribution in [2.24, 2.45) is 0 Å². The zero-order valence-corrected chi connectivity index (χ0v) is 16.7. The van der Waals surface area contributed by atoms with E-state index in [4.69, 9.17) is 9.47 Å². The van der Waals surface area contributed by atoms with Crippen LogP contribution in [0.3, 0.4) is 0 Å². The van der Waals surface area contributed by atoms with Gasteiger partial charge < -0.3 is 9.47 Å². The molecule has 144 valence electrons. The van der Waals surface area contributed by atoms with Crippen molar-refractivity contribution in [2.45, 2.75) is 13.5 Å². The Kier molecular flexibility index (Phi) is 5.68. The van der Waals surface area contributed by atoms with Crippen LogP contribution in [0, 0.1) is 6.92 Å². The van der Waals surface area contributed by atoms with Gasteiger partial charge in [0.15, 0.2) is 0 Å². The second-order valence-corrected chi connectivity index (χ2v) is 7.38. The normalized spacial score (nSPS) is 10.5. The third-order valence-electron chi connectivity index (χ3n) is 4.27. The van der Waals surface area contributed by atoms with Crippen LogP contribution < -0.4 is 4.74 Å². The fraction of sp³-hybridized carbons (Fsp3) is 0.0833. The summed E-state index contributed by atoms with van der Waals surface area (Å²) >= 11 is 1.54. The number of para-hydroxylation sites is 1. The molecular formula is C24H19NO3S. The number of aromatic nitrogens is 1. The molecule has 4 rings (SSSR count). The molecule has 0 amide bonds. The average Bonchev–Trinajstić information content (AvgIpc) is 3.23. The lowest BCUT2D eigenvalue weighted by molar-refractivity contribution is 0.0468. The number of carbonyl (C=O) groups is 1. The quantitative estimate of drug-likeness (QED) is 0.357. The van der Waals surface area contributed by atoms with E-state index in [2.05, 4.69) is 24.0 Å². The van der Waals surface area contributed by atoms with Gasteiger partial charge in [-0.15, -0.1) is 11.3 Å². The van der Waals surface area contributed by atoms with Gasteiger partial charge in [-0.2, -0.15) is 0 Å². The minimum atomic E-state index is -0.388. The summed E-state index contributed by atoms with van der Waals surface area (Å²) in [6, 6.07) is 24.6. The van der Waals surface area contributed by atoms with Crippen molar-refractivity contribution in [3.63, 3.8) is 0 Å². The van der Waals surface area contributed by atoms with E-state index in [-0.39, 0.29) is 12.6 Å². The number of thiazole rings is 1. The van der Waals surface area contributed by atoms with Crippen molar-refractivity contribution in [2.75, 3.05) is 0 Å². The molecule has 0 bridgehead atoms. The first-order chi connectivity index (χ1) is 14.2. The molecule has 0 saturated heterocycles. The highest BCUT2D eigenvalue weighted by atomic mass is 32.1. The van der Waals surface area contributed by atoms with Crippen LogP contribution >= 0.6 is 11.3 Å². The summed E-state index contributed by atoms with van der Waals surface area (Å²) in [6.45, 7) is 2.19. The number of esters is 1. The summed E-state index contributed by atoms with van der Waals surface area (Å²) in [5.74, 6) is 1.02. The zero-order chi connectivity index (χ0) is 20.1. The van der Waals surface area contributed by atoms with Crippen LogP contribution in [0.1, 0.15) is 21.6 Å².